The first kappa shape index (κ1) is 18.1. The van der Waals surface area contributed by atoms with Gasteiger partial charge in [-0.25, -0.2) is 0 Å². The number of amides is 1. The standard InChI is InChI=1S/C24H21N5O/c1-14(2)24(30)26-18-9-17(12-25-13-18)15-7-8-21-19(10-15)23(29-28-21)22-11-16-5-3-4-6-20(16)27-22/h3-14,27H,1-2H3,(H,26,30)(H,28,29). The highest BCUT2D eigenvalue weighted by molar-refractivity contribution is 5.98. The lowest BCUT2D eigenvalue weighted by molar-refractivity contribution is -0.118. The zero-order chi connectivity index (χ0) is 20.7. The molecule has 0 radical (unpaired) electrons. The fourth-order valence-corrected chi connectivity index (χ4v) is 3.55. The molecule has 2 aromatic carbocycles. The number of H-pyrrole nitrogens is 2. The van der Waals surface area contributed by atoms with Crippen LogP contribution in [0.5, 0.6) is 0 Å². The van der Waals surface area contributed by atoms with E-state index in [0.717, 1.165) is 44.3 Å². The monoisotopic (exact) mass is 395 g/mol. The van der Waals surface area contributed by atoms with Gasteiger partial charge in [-0.15, -0.1) is 0 Å². The van der Waals surface area contributed by atoms with Gasteiger partial charge in [-0.1, -0.05) is 38.1 Å². The number of carbonyl (C=O) groups excluding carboxylic acids is 1. The van der Waals surface area contributed by atoms with Gasteiger partial charge in [-0.05, 0) is 35.9 Å². The molecule has 0 saturated heterocycles. The highest BCUT2D eigenvalue weighted by atomic mass is 16.1. The predicted molar refractivity (Wildman–Crippen MR) is 120 cm³/mol. The first-order chi connectivity index (χ1) is 14.6. The van der Waals surface area contributed by atoms with Crippen molar-refractivity contribution in [2.45, 2.75) is 13.8 Å². The van der Waals surface area contributed by atoms with Crippen LogP contribution in [0.15, 0.2) is 67.0 Å². The Labute approximate surface area is 173 Å². The lowest BCUT2D eigenvalue weighted by atomic mass is 10.0. The van der Waals surface area contributed by atoms with Crippen LogP contribution in [0.3, 0.4) is 0 Å². The Morgan fingerprint density at radius 3 is 2.67 bits per heavy atom. The van der Waals surface area contributed by atoms with Crippen LogP contribution in [0.4, 0.5) is 5.69 Å². The minimum Gasteiger partial charge on any atom is -0.353 e. The summed E-state index contributed by atoms with van der Waals surface area (Å²) >= 11 is 0. The molecule has 3 N–H and O–H groups in total. The number of fused-ring (bicyclic) bond motifs is 2. The molecule has 0 aliphatic heterocycles. The van der Waals surface area contributed by atoms with Crippen molar-refractivity contribution in [2.24, 2.45) is 5.92 Å². The van der Waals surface area contributed by atoms with Crippen molar-refractivity contribution in [2.75, 3.05) is 5.32 Å². The molecule has 6 heteroatoms. The zero-order valence-electron chi connectivity index (χ0n) is 16.7. The van der Waals surface area contributed by atoms with Gasteiger partial charge in [0.1, 0.15) is 5.69 Å². The van der Waals surface area contributed by atoms with E-state index >= 15 is 0 Å². The van der Waals surface area contributed by atoms with E-state index in [2.05, 4.69) is 49.7 Å². The zero-order valence-corrected chi connectivity index (χ0v) is 16.7. The van der Waals surface area contributed by atoms with Crippen molar-refractivity contribution >= 4 is 33.4 Å². The van der Waals surface area contributed by atoms with Crippen molar-refractivity contribution in [3.05, 3.63) is 67.0 Å². The maximum atomic E-state index is 12.0. The number of nitrogens with zero attached hydrogens (tertiary/aromatic N) is 2. The van der Waals surface area contributed by atoms with Crippen molar-refractivity contribution in [3.63, 3.8) is 0 Å². The fraction of sp³-hybridized carbons (Fsp3) is 0.125. The average molecular weight is 395 g/mol. The summed E-state index contributed by atoms with van der Waals surface area (Å²) in [6, 6.07) is 18.4. The molecule has 0 bridgehead atoms. The average Bonchev–Trinajstić information content (AvgIpc) is 3.37. The van der Waals surface area contributed by atoms with Gasteiger partial charge in [0, 0.05) is 34.0 Å². The number of para-hydroxylation sites is 1. The number of aromatic amines is 2. The van der Waals surface area contributed by atoms with Crippen LogP contribution in [-0.2, 0) is 4.79 Å². The van der Waals surface area contributed by atoms with Crippen LogP contribution < -0.4 is 5.32 Å². The Hall–Kier alpha value is -3.93. The smallest absolute Gasteiger partial charge is 0.226 e. The number of aromatic nitrogens is 4. The SMILES string of the molecule is CC(C)C(=O)Nc1cncc(-c2ccc3[nH]nc(-c4cc5ccccc5[nH]4)c3c2)c1. The Morgan fingerprint density at radius 1 is 0.967 bits per heavy atom. The van der Waals surface area contributed by atoms with Gasteiger partial charge in [0.05, 0.1) is 23.1 Å². The number of pyridine rings is 1. The molecule has 0 spiro atoms. The molecule has 3 aromatic heterocycles. The van der Waals surface area contributed by atoms with Gasteiger partial charge in [0.25, 0.3) is 0 Å². The Bertz CT molecular complexity index is 1350. The molecule has 1 amide bonds. The molecular formula is C24H21N5O. The minimum absolute atomic E-state index is 0.0275. The Kier molecular flexibility index (Phi) is 4.32. The highest BCUT2D eigenvalue weighted by Gasteiger charge is 2.13. The normalized spacial score (nSPS) is 11.4. The predicted octanol–water partition coefficient (Wildman–Crippen LogP) is 5.37. The molecule has 5 rings (SSSR count). The van der Waals surface area contributed by atoms with Crippen LogP contribution in [0, 0.1) is 5.92 Å². The van der Waals surface area contributed by atoms with Crippen molar-refractivity contribution < 1.29 is 4.79 Å². The molecule has 148 valence electrons. The molecule has 6 nitrogen and oxygen atoms in total. The summed E-state index contributed by atoms with van der Waals surface area (Å²) in [5.74, 6) is -0.116. The molecule has 30 heavy (non-hydrogen) atoms. The van der Waals surface area contributed by atoms with Gasteiger partial charge >= 0.3 is 0 Å². The van der Waals surface area contributed by atoms with E-state index in [4.69, 9.17) is 0 Å². The largest absolute Gasteiger partial charge is 0.353 e. The summed E-state index contributed by atoms with van der Waals surface area (Å²) in [5.41, 5.74) is 6.52. The summed E-state index contributed by atoms with van der Waals surface area (Å²) in [7, 11) is 0. The third-order valence-electron chi connectivity index (χ3n) is 5.21. The van der Waals surface area contributed by atoms with E-state index in [1.807, 2.05) is 44.2 Å². The molecule has 0 aliphatic carbocycles. The van der Waals surface area contributed by atoms with Crippen molar-refractivity contribution in [1.29, 1.82) is 0 Å². The second-order valence-electron chi connectivity index (χ2n) is 7.71. The quantitative estimate of drug-likeness (QED) is 0.382. The number of anilines is 1. The van der Waals surface area contributed by atoms with Gasteiger partial charge in [0.2, 0.25) is 5.91 Å². The van der Waals surface area contributed by atoms with Crippen LogP contribution in [0.25, 0.3) is 44.3 Å². The van der Waals surface area contributed by atoms with E-state index in [0.29, 0.717) is 5.69 Å². The first-order valence-corrected chi connectivity index (χ1v) is 9.91. The lowest BCUT2D eigenvalue weighted by Gasteiger charge is -2.09. The summed E-state index contributed by atoms with van der Waals surface area (Å²) < 4.78 is 0. The van der Waals surface area contributed by atoms with Crippen LogP contribution in [-0.4, -0.2) is 26.1 Å². The topological polar surface area (TPSA) is 86.5 Å². The summed E-state index contributed by atoms with van der Waals surface area (Å²) in [6.07, 6.45) is 3.46. The number of hydrogen-bond acceptors (Lipinski definition) is 3. The van der Waals surface area contributed by atoms with Crippen LogP contribution >= 0.6 is 0 Å². The minimum atomic E-state index is -0.0881. The maximum Gasteiger partial charge on any atom is 0.226 e. The van der Waals surface area contributed by atoms with Crippen molar-refractivity contribution in [1.82, 2.24) is 20.2 Å². The van der Waals surface area contributed by atoms with Crippen LogP contribution in [0.2, 0.25) is 0 Å². The van der Waals surface area contributed by atoms with E-state index in [-0.39, 0.29) is 11.8 Å². The van der Waals surface area contributed by atoms with Gasteiger partial charge in [0.15, 0.2) is 0 Å². The molecule has 0 atom stereocenters. The molecule has 0 aliphatic rings. The fourth-order valence-electron chi connectivity index (χ4n) is 3.55. The molecule has 0 saturated carbocycles. The molecule has 0 unspecified atom stereocenters. The first-order valence-electron chi connectivity index (χ1n) is 9.91. The second kappa shape index (κ2) is 7.15. The number of hydrogen-bond donors (Lipinski definition) is 3. The highest BCUT2D eigenvalue weighted by Crippen LogP contribution is 2.32. The van der Waals surface area contributed by atoms with E-state index in [1.54, 1.807) is 12.4 Å². The maximum absolute atomic E-state index is 12.0. The van der Waals surface area contributed by atoms with Gasteiger partial charge in [-0.2, -0.15) is 5.10 Å². The van der Waals surface area contributed by atoms with E-state index < -0.39 is 0 Å². The third kappa shape index (κ3) is 3.22. The molecule has 5 aromatic rings. The summed E-state index contributed by atoms with van der Waals surface area (Å²) in [5, 5.41) is 12.7. The Morgan fingerprint density at radius 2 is 1.83 bits per heavy atom. The molecule has 0 fully saturated rings. The van der Waals surface area contributed by atoms with E-state index in [1.165, 1.54) is 0 Å². The molecular weight excluding hydrogens is 374 g/mol. The van der Waals surface area contributed by atoms with Gasteiger partial charge in [-0.3, -0.25) is 14.9 Å². The van der Waals surface area contributed by atoms with Gasteiger partial charge < -0.3 is 10.3 Å². The number of nitrogens with one attached hydrogen (secondary N) is 3. The third-order valence-corrected chi connectivity index (χ3v) is 5.21. The van der Waals surface area contributed by atoms with E-state index in [9.17, 15) is 4.79 Å². The summed E-state index contributed by atoms with van der Waals surface area (Å²) in [4.78, 5) is 19.8. The number of benzene rings is 2. The number of rotatable bonds is 4. The van der Waals surface area contributed by atoms with Crippen LogP contribution in [0.1, 0.15) is 13.8 Å². The second-order valence-corrected chi connectivity index (χ2v) is 7.71. The summed E-state index contributed by atoms with van der Waals surface area (Å²) in [6.45, 7) is 3.73. The molecule has 3 heterocycles. The lowest BCUT2D eigenvalue weighted by Crippen LogP contribution is -2.17. The van der Waals surface area contributed by atoms with Crippen molar-refractivity contribution in [3.8, 4) is 22.5 Å². The Balaban J connectivity index is 1.55. The number of carbonyl (C=O) groups is 1.